The zero-order valence-electron chi connectivity index (χ0n) is 11.2. The first kappa shape index (κ1) is 12.2. The Balaban J connectivity index is 1.85. The second kappa shape index (κ2) is 5.05. The van der Waals surface area contributed by atoms with Crippen molar-refractivity contribution in [3.05, 3.63) is 47.5 Å². The van der Waals surface area contributed by atoms with Crippen molar-refractivity contribution in [1.82, 2.24) is 9.55 Å². The van der Waals surface area contributed by atoms with Crippen LogP contribution in [0.2, 0.25) is 0 Å². The number of hydrogen-bond acceptors (Lipinski definition) is 3. The van der Waals surface area contributed by atoms with E-state index in [1.54, 1.807) is 7.11 Å². The molecule has 0 saturated carbocycles. The molecule has 19 heavy (non-hydrogen) atoms. The van der Waals surface area contributed by atoms with Gasteiger partial charge in [0.1, 0.15) is 11.6 Å². The fourth-order valence-electron chi connectivity index (χ4n) is 2.64. The van der Waals surface area contributed by atoms with E-state index in [1.807, 2.05) is 18.3 Å². The highest BCUT2D eigenvalue weighted by Gasteiger charge is 2.18. The van der Waals surface area contributed by atoms with E-state index < -0.39 is 0 Å². The average Bonchev–Trinajstić information content (AvgIpc) is 2.81. The maximum absolute atomic E-state index is 6.05. The van der Waals surface area contributed by atoms with Gasteiger partial charge < -0.3 is 15.0 Å². The minimum atomic E-state index is 0.255. The van der Waals surface area contributed by atoms with Crippen molar-refractivity contribution in [2.45, 2.75) is 31.8 Å². The van der Waals surface area contributed by atoms with Gasteiger partial charge in [-0.25, -0.2) is 4.98 Å². The van der Waals surface area contributed by atoms with Crippen molar-refractivity contribution >= 4 is 0 Å². The van der Waals surface area contributed by atoms with Crippen LogP contribution >= 0.6 is 0 Å². The van der Waals surface area contributed by atoms with Gasteiger partial charge in [-0.15, -0.1) is 0 Å². The zero-order valence-corrected chi connectivity index (χ0v) is 11.2. The Labute approximate surface area is 113 Å². The number of fused-ring (bicyclic) bond motifs is 1. The lowest BCUT2D eigenvalue weighted by atomic mass is 10.1. The molecule has 3 rings (SSSR count). The summed E-state index contributed by atoms with van der Waals surface area (Å²) in [6.45, 7) is 0.884. The number of rotatable bonds is 3. The van der Waals surface area contributed by atoms with Crippen molar-refractivity contribution in [2.24, 2.45) is 5.73 Å². The summed E-state index contributed by atoms with van der Waals surface area (Å²) in [5.74, 6) is 1.98. The van der Waals surface area contributed by atoms with Crippen LogP contribution in [0.1, 0.15) is 23.5 Å². The first-order valence-electron chi connectivity index (χ1n) is 6.68. The highest BCUT2D eigenvalue weighted by molar-refractivity contribution is 5.30. The van der Waals surface area contributed by atoms with Crippen molar-refractivity contribution < 1.29 is 4.74 Å². The molecular formula is C15H19N3O. The first-order chi connectivity index (χ1) is 9.26. The Bertz CT molecular complexity index is 577. The predicted octanol–water partition coefficient (Wildman–Crippen LogP) is 1.76. The summed E-state index contributed by atoms with van der Waals surface area (Å²) in [4.78, 5) is 4.55. The molecule has 4 nitrogen and oxygen atoms in total. The van der Waals surface area contributed by atoms with E-state index in [0.29, 0.717) is 0 Å². The van der Waals surface area contributed by atoms with E-state index in [2.05, 4.69) is 21.7 Å². The number of methoxy groups -OCH3 is 1. The topological polar surface area (TPSA) is 53.1 Å². The third-order valence-electron chi connectivity index (χ3n) is 3.71. The van der Waals surface area contributed by atoms with Crippen molar-refractivity contribution in [3.8, 4) is 5.75 Å². The summed E-state index contributed by atoms with van der Waals surface area (Å²) in [5, 5.41) is 0. The van der Waals surface area contributed by atoms with Gasteiger partial charge in [0.25, 0.3) is 0 Å². The molecule has 4 heteroatoms. The summed E-state index contributed by atoms with van der Waals surface area (Å²) >= 11 is 0. The molecule has 1 aromatic carbocycles. The van der Waals surface area contributed by atoms with Crippen LogP contribution in [-0.2, 0) is 19.4 Å². The van der Waals surface area contributed by atoms with Crippen LogP contribution in [0.3, 0.4) is 0 Å². The highest BCUT2D eigenvalue weighted by Crippen LogP contribution is 2.20. The monoisotopic (exact) mass is 257 g/mol. The van der Waals surface area contributed by atoms with Crippen molar-refractivity contribution in [2.75, 3.05) is 7.11 Å². The highest BCUT2D eigenvalue weighted by atomic mass is 16.5. The number of hydrogen-bond donors (Lipinski definition) is 1. The standard InChI is InChI=1S/C15H19N3O/c1-19-14-4-2-3-11(7-14)8-15-17-9-13-6-5-12(16)10-18(13)15/h2-4,7,9,12H,5-6,8,10,16H2,1H3. The number of nitrogens with two attached hydrogens (primary N) is 1. The second-order valence-corrected chi connectivity index (χ2v) is 5.10. The molecule has 1 unspecified atom stereocenters. The van der Waals surface area contributed by atoms with Gasteiger partial charge in [0, 0.05) is 30.9 Å². The molecular weight excluding hydrogens is 238 g/mol. The van der Waals surface area contributed by atoms with Crippen LogP contribution in [0.5, 0.6) is 5.75 Å². The fourth-order valence-corrected chi connectivity index (χ4v) is 2.64. The number of ether oxygens (including phenoxy) is 1. The van der Waals surface area contributed by atoms with Crippen LogP contribution in [-0.4, -0.2) is 22.7 Å². The molecule has 0 amide bonds. The predicted molar refractivity (Wildman–Crippen MR) is 74.3 cm³/mol. The maximum atomic E-state index is 6.05. The summed E-state index contributed by atoms with van der Waals surface area (Å²) in [6, 6.07) is 8.39. The Morgan fingerprint density at radius 3 is 3.21 bits per heavy atom. The molecule has 2 aromatic rings. The Morgan fingerprint density at radius 1 is 1.47 bits per heavy atom. The van der Waals surface area contributed by atoms with Crippen LogP contribution in [0, 0.1) is 0 Å². The molecule has 100 valence electrons. The number of aryl methyl sites for hydroxylation is 1. The van der Waals surface area contributed by atoms with Crippen LogP contribution in [0.15, 0.2) is 30.5 Å². The molecule has 1 aromatic heterocycles. The summed E-state index contributed by atoms with van der Waals surface area (Å²) in [5.41, 5.74) is 8.57. The third kappa shape index (κ3) is 2.49. The smallest absolute Gasteiger partial charge is 0.119 e. The van der Waals surface area contributed by atoms with E-state index in [1.165, 1.54) is 11.3 Å². The number of aromatic nitrogens is 2. The molecule has 2 N–H and O–H groups in total. The average molecular weight is 257 g/mol. The molecule has 1 aliphatic rings. The quantitative estimate of drug-likeness (QED) is 0.911. The lowest BCUT2D eigenvalue weighted by Gasteiger charge is -2.22. The van der Waals surface area contributed by atoms with Gasteiger partial charge in [0.15, 0.2) is 0 Å². The van der Waals surface area contributed by atoms with Gasteiger partial charge in [0.2, 0.25) is 0 Å². The van der Waals surface area contributed by atoms with Gasteiger partial charge in [0.05, 0.1) is 7.11 Å². The summed E-state index contributed by atoms with van der Waals surface area (Å²) < 4.78 is 7.53. The molecule has 0 aliphatic carbocycles. The molecule has 0 radical (unpaired) electrons. The lowest BCUT2D eigenvalue weighted by Crippen LogP contribution is -2.32. The van der Waals surface area contributed by atoms with Gasteiger partial charge in [-0.3, -0.25) is 0 Å². The number of benzene rings is 1. The maximum Gasteiger partial charge on any atom is 0.119 e. The molecule has 1 atom stereocenters. The molecule has 2 heterocycles. The van der Waals surface area contributed by atoms with Gasteiger partial charge in [-0.2, -0.15) is 0 Å². The molecule has 0 saturated heterocycles. The van der Waals surface area contributed by atoms with Crippen molar-refractivity contribution in [3.63, 3.8) is 0 Å². The SMILES string of the molecule is COc1cccc(Cc2ncc3n2CC(N)CC3)c1. The van der Waals surface area contributed by atoms with E-state index in [0.717, 1.165) is 37.4 Å². The van der Waals surface area contributed by atoms with Gasteiger partial charge >= 0.3 is 0 Å². The number of nitrogens with zero attached hydrogens (tertiary/aromatic N) is 2. The zero-order chi connectivity index (χ0) is 13.2. The van der Waals surface area contributed by atoms with Gasteiger partial charge in [-0.05, 0) is 30.5 Å². The van der Waals surface area contributed by atoms with E-state index in [-0.39, 0.29) is 6.04 Å². The summed E-state index contributed by atoms with van der Waals surface area (Å²) in [6.07, 6.45) is 4.90. The first-order valence-corrected chi connectivity index (χ1v) is 6.68. The largest absolute Gasteiger partial charge is 0.497 e. The number of imidazole rings is 1. The summed E-state index contributed by atoms with van der Waals surface area (Å²) in [7, 11) is 1.69. The second-order valence-electron chi connectivity index (χ2n) is 5.10. The lowest BCUT2D eigenvalue weighted by molar-refractivity contribution is 0.414. The van der Waals surface area contributed by atoms with E-state index in [4.69, 9.17) is 10.5 Å². The molecule has 0 spiro atoms. The van der Waals surface area contributed by atoms with E-state index in [9.17, 15) is 0 Å². The minimum Gasteiger partial charge on any atom is -0.497 e. The Hall–Kier alpha value is -1.81. The minimum absolute atomic E-state index is 0.255. The fraction of sp³-hybridized carbons (Fsp3) is 0.400. The third-order valence-corrected chi connectivity index (χ3v) is 3.71. The molecule has 0 bridgehead atoms. The Kier molecular flexibility index (Phi) is 3.25. The molecule has 1 aliphatic heterocycles. The van der Waals surface area contributed by atoms with Crippen molar-refractivity contribution in [1.29, 1.82) is 0 Å². The van der Waals surface area contributed by atoms with Gasteiger partial charge in [-0.1, -0.05) is 12.1 Å². The Morgan fingerprint density at radius 2 is 2.37 bits per heavy atom. The normalized spacial score (nSPS) is 18.1. The van der Waals surface area contributed by atoms with E-state index >= 15 is 0 Å². The van der Waals surface area contributed by atoms with Crippen LogP contribution in [0.25, 0.3) is 0 Å². The van der Waals surface area contributed by atoms with Crippen LogP contribution in [0.4, 0.5) is 0 Å². The van der Waals surface area contributed by atoms with Crippen LogP contribution < -0.4 is 10.5 Å². The molecule has 0 fully saturated rings.